The molecule has 0 saturated carbocycles. The summed E-state index contributed by atoms with van der Waals surface area (Å²) in [6, 6.07) is 0. The third-order valence-electron chi connectivity index (χ3n) is 0.947. The third kappa shape index (κ3) is 3.44. The fourth-order valence-electron chi connectivity index (χ4n) is 0.433. The second-order valence-electron chi connectivity index (χ2n) is 1.62. The van der Waals surface area contributed by atoms with E-state index in [1.165, 1.54) is 5.57 Å². The van der Waals surface area contributed by atoms with E-state index in [1.807, 2.05) is 0 Å². The molecule has 0 saturated heterocycles. The van der Waals surface area contributed by atoms with Crippen molar-refractivity contribution in [3.05, 3.63) is 18.6 Å². The summed E-state index contributed by atoms with van der Waals surface area (Å²) in [6.45, 7) is 8.05. The predicted molar refractivity (Wildman–Crippen MR) is 34.0 cm³/mol. The molecule has 0 amide bonds. The Hall–Kier alpha value is -0.390. The molecule has 0 atom stereocenters. The lowest BCUT2D eigenvalue weighted by atomic mass is 10.1. The third-order valence-corrected chi connectivity index (χ3v) is 0.947. The minimum atomic E-state index is 1.09. The zero-order valence-electron chi connectivity index (χ0n) is 5.20. The van der Waals surface area contributed by atoms with Crippen LogP contribution >= 0.6 is 0 Å². The van der Waals surface area contributed by atoms with Gasteiger partial charge in [-0.2, -0.15) is 0 Å². The van der Waals surface area contributed by atoms with Crippen molar-refractivity contribution in [2.75, 3.05) is 0 Å². The number of allylic oxidation sites excluding steroid dienone is 1. The van der Waals surface area contributed by atoms with Gasteiger partial charge in [0.25, 0.3) is 0 Å². The van der Waals surface area contributed by atoms with E-state index in [0.717, 1.165) is 12.8 Å². The van der Waals surface area contributed by atoms with Gasteiger partial charge in [-0.15, -0.1) is 6.42 Å². The Morgan fingerprint density at radius 2 is 2.14 bits per heavy atom. The van der Waals surface area contributed by atoms with Crippen molar-refractivity contribution in [3.63, 3.8) is 0 Å². The monoisotopic (exact) mass is 97.1 g/mol. The molecule has 0 spiro atoms. The molecule has 0 unspecified atom stereocenters. The minimum Gasteiger partial charge on any atom is -0.242 e. The number of hydrogen-bond donors (Lipinski definition) is 0. The average molecular weight is 97.2 g/mol. The zero-order chi connectivity index (χ0) is 5.70. The van der Waals surface area contributed by atoms with Gasteiger partial charge < -0.3 is 0 Å². The molecule has 7 heavy (non-hydrogen) atoms. The van der Waals surface area contributed by atoms with Crippen LogP contribution in [-0.4, -0.2) is 0 Å². The summed E-state index contributed by atoms with van der Waals surface area (Å²) in [7, 11) is 0. The molecule has 0 aliphatic carbocycles. The van der Waals surface area contributed by atoms with Gasteiger partial charge in [0.15, 0.2) is 0 Å². The predicted octanol–water partition coefficient (Wildman–Crippen LogP) is 2.57. The van der Waals surface area contributed by atoms with Crippen molar-refractivity contribution in [1.29, 1.82) is 0 Å². The summed E-state index contributed by atoms with van der Waals surface area (Å²) in [4.78, 5) is 0. The first-order valence-corrected chi connectivity index (χ1v) is 2.82. The molecule has 0 aromatic heterocycles. The van der Waals surface area contributed by atoms with E-state index < -0.39 is 0 Å². The normalized spacial score (nSPS) is 8.29. The molecule has 0 radical (unpaired) electrons. The summed E-state index contributed by atoms with van der Waals surface area (Å²) in [5.74, 6) is 0. The first-order valence-electron chi connectivity index (χ1n) is 2.82. The summed E-state index contributed by atoms with van der Waals surface area (Å²) in [6.07, 6.45) is 4.36. The molecule has 0 bridgehead atoms. The van der Waals surface area contributed by atoms with Gasteiger partial charge in [-0.05, 0) is 0 Å². The van der Waals surface area contributed by atoms with Crippen molar-refractivity contribution < 1.29 is 0 Å². The second-order valence-corrected chi connectivity index (χ2v) is 1.62. The molecule has 0 fully saturated rings. The van der Waals surface area contributed by atoms with Crippen molar-refractivity contribution in [2.45, 2.75) is 26.7 Å². The first kappa shape index (κ1) is 6.61. The minimum absolute atomic E-state index is 1.09. The largest absolute Gasteiger partial charge is 0.242 e. The van der Waals surface area contributed by atoms with Gasteiger partial charge in [-0.25, -0.2) is 18.6 Å². The molecule has 0 aromatic carbocycles. The lowest BCUT2D eigenvalue weighted by Gasteiger charge is -2.05. The van der Waals surface area contributed by atoms with Crippen LogP contribution in [0.15, 0.2) is 12.2 Å². The first-order chi connectivity index (χ1) is 3.31. The second kappa shape index (κ2) is 3.79. The van der Waals surface area contributed by atoms with Crippen LogP contribution in [0.4, 0.5) is 0 Å². The van der Waals surface area contributed by atoms with Gasteiger partial charge in [-0.1, -0.05) is 20.3 Å². The van der Waals surface area contributed by atoms with Crippen LogP contribution in [0.5, 0.6) is 0 Å². The number of hydrogen-bond acceptors (Lipinski definition) is 0. The van der Waals surface area contributed by atoms with Gasteiger partial charge in [-0.3, -0.25) is 0 Å². The van der Waals surface area contributed by atoms with Crippen molar-refractivity contribution >= 4 is 0 Å². The maximum atomic E-state index is 3.81. The Bertz CT molecular complexity index is 53.1. The van der Waals surface area contributed by atoms with Crippen LogP contribution in [0.2, 0.25) is 0 Å². The Morgan fingerprint density at radius 1 is 1.57 bits per heavy atom. The Kier molecular flexibility index (Phi) is 3.58. The van der Waals surface area contributed by atoms with E-state index in [2.05, 4.69) is 26.8 Å². The highest BCUT2D eigenvalue weighted by molar-refractivity contribution is 5.05. The average Bonchev–Trinajstić information content (AvgIpc) is 1.68. The highest BCUT2D eigenvalue weighted by Gasteiger charge is 1.72. The van der Waals surface area contributed by atoms with Crippen LogP contribution in [0.25, 0.3) is 0 Å². The Balaban J connectivity index is 3.00. The zero-order valence-corrected chi connectivity index (χ0v) is 5.20. The molecule has 0 aromatic rings. The number of rotatable bonds is 3. The van der Waals surface area contributed by atoms with E-state index in [-0.39, 0.29) is 0 Å². The van der Waals surface area contributed by atoms with Crippen molar-refractivity contribution in [3.8, 4) is 0 Å². The Morgan fingerprint density at radius 3 is 2.29 bits per heavy atom. The van der Waals surface area contributed by atoms with E-state index in [1.54, 1.807) is 0 Å². The van der Waals surface area contributed by atoms with Crippen LogP contribution in [0.1, 0.15) is 26.7 Å². The molecular weight excluding hydrogens is 84.1 g/mol. The topological polar surface area (TPSA) is 0 Å². The maximum absolute atomic E-state index is 3.81. The van der Waals surface area contributed by atoms with E-state index in [4.69, 9.17) is 0 Å². The molecule has 0 nitrogen and oxygen atoms in total. The van der Waals surface area contributed by atoms with Crippen LogP contribution in [0, 0.1) is 6.42 Å². The highest BCUT2D eigenvalue weighted by Crippen LogP contribution is 2.02. The quantitative estimate of drug-likeness (QED) is 0.475. The van der Waals surface area contributed by atoms with Gasteiger partial charge >= 0.3 is 0 Å². The van der Waals surface area contributed by atoms with Gasteiger partial charge in [0.2, 0.25) is 0 Å². The lowest BCUT2D eigenvalue weighted by molar-refractivity contribution is 1.03. The van der Waals surface area contributed by atoms with Crippen molar-refractivity contribution in [1.82, 2.24) is 0 Å². The molecule has 0 aliphatic heterocycles. The van der Waals surface area contributed by atoms with E-state index >= 15 is 0 Å². The van der Waals surface area contributed by atoms with E-state index in [9.17, 15) is 0 Å². The SMILES string of the molecule is C=C([CH-]CC)CC. The molecule has 0 N–H and O–H groups in total. The smallest absolute Gasteiger partial charge is 0.0642 e. The summed E-state index contributed by atoms with van der Waals surface area (Å²) < 4.78 is 0. The standard InChI is InChI=1S/C7H13/c1-4-6-7(3)5-2/h6H,3-5H2,1-2H3/q-1. The fraction of sp³-hybridized carbons (Fsp3) is 0.571. The fourth-order valence-corrected chi connectivity index (χ4v) is 0.433. The van der Waals surface area contributed by atoms with E-state index in [0.29, 0.717) is 0 Å². The van der Waals surface area contributed by atoms with Crippen LogP contribution in [0.3, 0.4) is 0 Å². The van der Waals surface area contributed by atoms with Gasteiger partial charge in [0.1, 0.15) is 0 Å². The molecule has 42 valence electrons. The lowest BCUT2D eigenvalue weighted by Crippen LogP contribution is -1.75. The van der Waals surface area contributed by atoms with Gasteiger partial charge in [0, 0.05) is 0 Å². The molecule has 0 aliphatic rings. The van der Waals surface area contributed by atoms with Crippen LogP contribution < -0.4 is 0 Å². The summed E-state index contributed by atoms with van der Waals surface area (Å²) in [5.41, 5.74) is 1.25. The van der Waals surface area contributed by atoms with Gasteiger partial charge in [0.05, 0.1) is 0 Å². The van der Waals surface area contributed by atoms with Crippen molar-refractivity contribution in [2.24, 2.45) is 0 Å². The van der Waals surface area contributed by atoms with Crippen LogP contribution in [-0.2, 0) is 0 Å². The summed E-state index contributed by atoms with van der Waals surface area (Å²) >= 11 is 0. The Labute approximate surface area is 46.2 Å². The molecular formula is C7H13-. The molecule has 0 heterocycles. The molecule has 0 rings (SSSR count). The maximum Gasteiger partial charge on any atom is -0.0642 e. The highest BCUT2D eigenvalue weighted by atomic mass is 13.9. The molecule has 0 heteroatoms. The summed E-state index contributed by atoms with van der Waals surface area (Å²) in [5, 5.41) is 0.